The van der Waals surface area contributed by atoms with E-state index in [4.69, 9.17) is 4.74 Å². The van der Waals surface area contributed by atoms with Crippen LogP contribution in [0.5, 0.6) is 0 Å². The van der Waals surface area contributed by atoms with Gasteiger partial charge < -0.3 is 9.84 Å². The minimum atomic E-state index is -0.422. The number of hydrogen-bond donors (Lipinski definition) is 1. The Labute approximate surface area is 119 Å². The summed E-state index contributed by atoms with van der Waals surface area (Å²) in [5, 5.41) is 18.6. The zero-order valence-electron chi connectivity index (χ0n) is 12.3. The Kier molecular flexibility index (Phi) is 4.05. The molecule has 112 valence electrons. The summed E-state index contributed by atoms with van der Waals surface area (Å²) in [7, 11) is 1.62. The quantitative estimate of drug-likeness (QED) is 0.856. The summed E-state index contributed by atoms with van der Waals surface area (Å²) in [6.45, 7) is 5.11. The lowest BCUT2D eigenvalue weighted by atomic mass is 9.82. The van der Waals surface area contributed by atoms with E-state index in [1.54, 1.807) is 7.11 Å². The first-order chi connectivity index (χ1) is 9.67. The van der Waals surface area contributed by atoms with Crippen molar-refractivity contribution in [1.29, 1.82) is 0 Å². The lowest BCUT2D eigenvalue weighted by Gasteiger charge is -2.35. The van der Waals surface area contributed by atoms with Crippen molar-refractivity contribution in [2.45, 2.75) is 44.9 Å². The molecule has 1 saturated carbocycles. The van der Waals surface area contributed by atoms with Crippen molar-refractivity contribution in [3.63, 3.8) is 0 Å². The Hall–Kier alpha value is -0.980. The smallest absolute Gasteiger partial charge is 0.0900 e. The summed E-state index contributed by atoms with van der Waals surface area (Å²) in [6, 6.07) is 0.532. The number of aliphatic hydroxyl groups is 1. The molecule has 1 aliphatic carbocycles. The second-order valence-corrected chi connectivity index (χ2v) is 6.25. The Bertz CT molecular complexity index is 456. The molecule has 0 unspecified atom stereocenters. The maximum Gasteiger partial charge on any atom is 0.0900 e. The molecule has 1 aromatic rings. The minimum Gasteiger partial charge on any atom is -0.389 e. The van der Waals surface area contributed by atoms with Crippen LogP contribution in [0.25, 0.3) is 0 Å². The van der Waals surface area contributed by atoms with Crippen LogP contribution in [-0.2, 0) is 17.7 Å². The van der Waals surface area contributed by atoms with Gasteiger partial charge in [0, 0.05) is 33.2 Å². The van der Waals surface area contributed by atoms with Crippen molar-refractivity contribution in [3.8, 4) is 0 Å². The third-order valence-electron chi connectivity index (χ3n) is 4.43. The van der Waals surface area contributed by atoms with Gasteiger partial charge >= 0.3 is 0 Å². The molecule has 0 amide bonds. The van der Waals surface area contributed by atoms with Gasteiger partial charge in [0.1, 0.15) is 0 Å². The second kappa shape index (κ2) is 5.79. The minimum absolute atomic E-state index is 0.390. The van der Waals surface area contributed by atoms with Gasteiger partial charge in [-0.25, -0.2) is 4.68 Å². The molecule has 1 atom stereocenters. The van der Waals surface area contributed by atoms with Gasteiger partial charge in [0.2, 0.25) is 0 Å². The van der Waals surface area contributed by atoms with E-state index in [9.17, 15) is 5.11 Å². The predicted octanol–water partition coefficient (Wildman–Crippen LogP) is 0.614. The van der Waals surface area contributed by atoms with E-state index in [-0.39, 0.29) is 0 Å². The van der Waals surface area contributed by atoms with Crippen LogP contribution in [0.4, 0.5) is 0 Å². The Morgan fingerprint density at radius 3 is 2.95 bits per heavy atom. The maximum atomic E-state index is 9.87. The van der Waals surface area contributed by atoms with Crippen LogP contribution in [-0.4, -0.2) is 57.9 Å². The molecule has 2 heterocycles. The largest absolute Gasteiger partial charge is 0.389 e. The number of rotatable bonds is 5. The van der Waals surface area contributed by atoms with Crippen LogP contribution < -0.4 is 0 Å². The topological polar surface area (TPSA) is 63.4 Å². The SMILES string of the molecule is COC[C@@H](O)CN1CCc2nnn(C3CC(C)C3)c2C1. The lowest BCUT2D eigenvalue weighted by Crippen LogP contribution is -2.39. The maximum absolute atomic E-state index is 9.87. The fourth-order valence-electron chi connectivity index (χ4n) is 3.31. The van der Waals surface area contributed by atoms with E-state index in [1.807, 2.05) is 0 Å². The molecule has 2 aliphatic rings. The van der Waals surface area contributed by atoms with Crippen molar-refractivity contribution in [2.75, 3.05) is 26.8 Å². The van der Waals surface area contributed by atoms with Crippen molar-refractivity contribution in [2.24, 2.45) is 5.92 Å². The third kappa shape index (κ3) is 2.73. The fraction of sp³-hybridized carbons (Fsp3) is 0.857. The number of aromatic nitrogens is 3. The highest BCUT2D eigenvalue weighted by molar-refractivity contribution is 5.15. The fourth-order valence-corrected chi connectivity index (χ4v) is 3.31. The number of β-amino-alcohol motifs (C(OH)–C–C–N with tert-alkyl or cyclic N) is 1. The first-order valence-corrected chi connectivity index (χ1v) is 7.49. The van der Waals surface area contributed by atoms with Crippen LogP contribution >= 0.6 is 0 Å². The van der Waals surface area contributed by atoms with Gasteiger partial charge in [0.15, 0.2) is 0 Å². The molecule has 1 aromatic heterocycles. The number of nitrogens with zero attached hydrogens (tertiary/aromatic N) is 4. The van der Waals surface area contributed by atoms with Gasteiger partial charge in [-0.2, -0.15) is 0 Å². The van der Waals surface area contributed by atoms with Gasteiger partial charge in [-0.1, -0.05) is 12.1 Å². The zero-order valence-corrected chi connectivity index (χ0v) is 12.3. The van der Waals surface area contributed by atoms with Crippen molar-refractivity contribution >= 4 is 0 Å². The molecular weight excluding hydrogens is 256 g/mol. The summed E-state index contributed by atoms with van der Waals surface area (Å²) in [5.74, 6) is 0.808. The molecule has 0 bridgehead atoms. The first kappa shape index (κ1) is 14.0. The van der Waals surface area contributed by atoms with Crippen molar-refractivity contribution in [1.82, 2.24) is 19.9 Å². The molecular formula is C14H24N4O2. The summed E-state index contributed by atoms with van der Waals surface area (Å²) in [5.41, 5.74) is 2.39. The molecule has 3 rings (SSSR count). The average molecular weight is 280 g/mol. The third-order valence-corrected chi connectivity index (χ3v) is 4.43. The van der Waals surface area contributed by atoms with Gasteiger partial charge in [-0.05, 0) is 18.8 Å². The van der Waals surface area contributed by atoms with Gasteiger partial charge in [-0.3, -0.25) is 4.90 Å². The van der Waals surface area contributed by atoms with Crippen LogP contribution in [0.3, 0.4) is 0 Å². The van der Waals surface area contributed by atoms with E-state index < -0.39 is 6.10 Å². The molecule has 0 radical (unpaired) electrons. The molecule has 1 N–H and O–H groups in total. The molecule has 1 aliphatic heterocycles. The summed E-state index contributed by atoms with van der Waals surface area (Å²) in [6.07, 6.45) is 2.93. The number of methoxy groups -OCH3 is 1. The Morgan fingerprint density at radius 2 is 2.25 bits per heavy atom. The highest BCUT2D eigenvalue weighted by Crippen LogP contribution is 2.38. The number of hydrogen-bond acceptors (Lipinski definition) is 5. The molecule has 6 heteroatoms. The zero-order chi connectivity index (χ0) is 14.1. The monoisotopic (exact) mass is 280 g/mol. The van der Waals surface area contributed by atoms with Gasteiger partial charge in [0.25, 0.3) is 0 Å². The van der Waals surface area contributed by atoms with Crippen molar-refractivity contribution in [3.05, 3.63) is 11.4 Å². The number of fused-ring (bicyclic) bond motifs is 1. The van der Waals surface area contributed by atoms with Crippen LogP contribution in [0, 0.1) is 5.92 Å². The summed E-state index contributed by atoms with van der Waals surface area (Å²) >= 11 is 0. The van der Waals surface area contributed by atoms with E-state index in [0.29, 0.717) is 19.2 Å². The number of aliphatic hydroxyl groups excluding tert-OH is 1. The average Bonchev–Trinajstić information content (AvgIpc) is 2.78. The molecule has 20 heavy (non-hydrogen) atoms. The van der Waals surface area contributed by atoms with E-state index >= 15 is 0 Å². The van der Waals surface area contributed by atoms with Crippen LogP contribution in [0.15, 0.2) is 0 Å². The molecule has 0 saturated heterocycles. The molecule has 0 spiro atoms. The highest BCUT2D eigenvalue weighted by Gasteiger charge is 2.32. The van der Waals surface area contributed by atoms with Crippen molar-refractivity contribution < 1.29 is 9.84 Å². The van der Waals surface area contributed by atoms with E-state index in [1.165, 1.54) is 18.5 Å². The van der Waals surface area contributed by atoms with Gasteiger partial charge in [-0.15, -0.1) is 5.10 Å². The lowest BCUT2D eigenvalue weighted by molar-refractivity contribution is 0.0333. The Morgan fingerprint density at radius 1 is 1.45 bits per heavy atom. The summed E-state index contributed by atoms with van der Waals surface area (Å²) < 4.78 is 7.12. The normalized spacial score (nSPS) is 27.9. The Balaban J connectivity index is 1.65. The predicted molar refractivity (Wildman–Crippen MR) is 74.3 cm³/mol. The van der Waals surface area contributed by atoms with Crippen LogP contribution in [0.1, 0.15) is 37.2 Å². The van der Waals surface area contributed by atoms with Gasteiger partial charge in [0.05, 0.1) is 30.1 Å². The standard InChI is InChI=1S/C14H24N4O2/c1-10-5-11(6-10)18-14-8-17(7-12(19)9-20-2)4-3-13(14)15-16-18/h10-12,19H,3-9H2,1-2H3/t10?,11?,12-/m0/s1. The molecule has 0 aromatic carbocycles. The second-order valence-electron chi connectivity index (χ2n) is 6.25. The highest BCUT2D eigenvalue weighted by atomic mass is 16.5. The van der Waals surface area contributed by atoms with Crippen LogP contribution in [0.2, 0.25) is 0 Å². The van der Waals surface area contributed by atoms with E-state index in [0.717, 1.165) is 31.1 Å². The van der Waals surface area contributed by atoms with E-state index in [2.05, 4.69) is 26.8 Å². The first-order valence-electron chi connectivity index (χ1n) is 7.49. The number of ether oxygens (including phenoxy) is 1. The molecule has 6 nitrogen and oxygen atoms in total. The molecule has 1 fully saturated rings. The summed E-state index contributed by atoms with van der Waals surface area (Å²) in [4.78, 5) is 2.27.